The number of aliphatic hydroxyl groups is 1. The second-order valence-electron chi connectivity index (χ2n) is 7.22. The first kappa shape index (κ1) is 15.5. The highest BCUT2D eigenvalue weighted by Crippen LogP contribution is 2.39. The molecule has 7 nitrogen and oxygen atoms in total. The molecule has 128 valence electrons. The van der Waals surface area contributed by atoms with Crippen molar-refractivity contribution in [3.8, 4) is 0 Å². The number of fused-ring (bicyclic) bond motifs is 2. The molecule has 4 heterocycles. The molecule has 1 aromatic heterocycles. The van der Waals surface area contributed by atoms with Crippen LogP contribution < -0.4 is 0 Å². The lowest BCUT2D eigenvalue weighted by Gasteiger charge is -2.60. The average Bonchev–Trinajstić information content (AvgIpc) is 2.92. The summed E-state index contributed by atoms with van der Waals surface area (Å²) < 4.78 is 0. The fourth-order valence-corrected chi connectivity index (χ4v) is 4.41. The zero-order valence-corrected chi connectivity index (χ0v) is 13.8. The largest absolute Gasteiger partial charge is 0.392 e. The van der Waals surface area contributed by atoms with Gasteiger partial charge in [0.1, 0.15) is 0 Å². The van der Waals surface area contributed by atoms with Crippen molar-refractivity contribution in [2.75, 3.05) is 32.7 Å². The van der Waals surface area contributed by atoms with E-state index in [-0.39, 0.29) is 29.5 Å². The van der Waals surface area contributed by atoms with Gasteiger partial charge in [0.2, 0.25) is 5.91 Å². The molecule has 3 saturated heterocycles. The van der Waals surface area contributed by atoms with Gasteiger partial charge in [-0.05, 0) is 18.6 Å². The summed E-state index contributed by atoms with van der Waals surface area (Å²) >= 11 is 0. The standard InChI is InChI=1S/C17H22N4O3/c1-12(22)20-10-17(11-20)9-19(7-14-5-15(23)8-21(14)17)16(24)13-3-2-4-18-6-13/h2-4,6,14-15,23H,5,7-11H2,1H3. The summed E-state index contributed by atoms with van der Waals surface area (Å²) in [5.41, 5.74) is 0.367. The van der Waals surface area contributed by atoms with Crippen LogP contribution in [-0.4, -0.2) is 87.0 Å². The van der Waals surface area contributed by atoms with Gasteiger partial charge in [-0.2, -0.15) is 0 Å². The third-order valence-corrected chi connectivity index (χ3v) is 5.53. The Balaban J connectivity index is 1.58. The smallest absolute Gasteiger partial charge is 0.255 e. The summed E-state index contributed by atoms with van der Waals surface area (Å²) in [6, 6.07) is 3.70. The molecule has 2 atom stereocenters. The van der Waals surface area contributed by atoms with Gasteiger partial charge in [0.15, 0.2) is 0 Å². The molecule has 4 rings (SSSR count). The Kier molecular flexibility index (Phi) is 3.58. The van der Waals surface area contributed by atoms with Gasteiger partial charge in [-0.15, -0.1) is 0 Å². The van der Waals surface area contributed by atoms with Crippen LogP contribution >= 0.6 is 0 Å². The number of amides is 2. The zero-order valence-electron chi connectivity index (χ0n) is 13.8. The molecule has 3 aliphatic heterocycles. The Morgan fingerprint density at radius 2 is 2.00 bits per heavy atom. The number of nitrogens with zero attached hydrogens (tertiary/aromatic N) is 4. The number of carbonyl (C=O) groups excluding carboxylic acids is 2. The number of rotatable bonds is 1. The predicted molar refractivity (Wildman–Crippen MR) is 86.2 cm³/mol. The van der Waals surface area contributed by atoms with E-state index in [0.717, 1.165) is 0 Å². The number of carbonyl (C=O) groups is 2. The Labute approximate surface area is 140 Å². The summed E-state index contributed by atoms with van der Waals surface area (Å²) in [5, 5.41) is 10.1. The molecule has 7 heteroatoms. The van der Waals surface area contributed by atoms with Gasteiger partial charge in [0.25, 0.3) is 5.91 Å². The van der Waals surface area contributed by atoms with Crippen LogP contribution in [0.1, 0.15) is 23.7 Å². The van der Waals surface area contributed by atoms with Crippen LogP contribution in [0.4, 0.5) is 0 Å². The number of hydrogen-bond acceptors (Lipinski definition) is 5. The molecular formula is C17H22N4O3. The Hall–Kier alpha value is -1.99. The molecule has 1 N–H and O–H groups in total. The van der Waals surface area contributed by atoms with Gasteiger partial charge in [0.05, 0.1) is 17.2 Å². The lowest BCUT2D eigenvalue weighted by molar-refractivity contribution is -0.151. The minimum Gasteiger partial charge on any atom is -0.392 e. The quantitative estimate of drug-likeness (QED) is 0.756. The number of aliphatic hydroxyl groups excluding tert-OH is 1. The number of hydrogen-bond donors (Lipinski definition) is 1. The van der Waals surface area contributed by atoms with Crippen molar-refractivity contribution < 1.29 is 14.7 Å². The van der Waals surface area contributed by atoms with Gasteiger partial charge in [0, 0.05) is 58.1 Å². The van der Waals surface area contributed by atoms with Crippen molar-refractivity contribution in [1.29, 1.82) is 0 Å². The molecule has 3 fully saturated rings. The first-order valence-corrected chi connectivity index (χ1v) is 8.38. The minimum absolute atomic E-state index is 0.0233. The molecule has 0 aliphatic carbocycles. The lowest BCUT2D eigenvalue weighted by Crippen LogP contribution is -2.78. The Morgan fingerprint density at radius 1 is 1.25 bits per heavy atom. The molecule has 24 heavy (non-hydrogen) atoms. The molecule has 0 aromatic carbocycles. The fraction of sp³-hybridized carbons (Fsp3) is 0.588. The molecule has 3 aliphatic rings. The van der Waals surface area contributed by atoms with Gasteiger partial charge in [-0.1, -0.05) is 0 Å². The van der Waals surface area contributed by atoms with Crippen LogP contribution in [0, 0.1) is 0 Å². The molecule has 2 unspecified atom stereocenters. The maximum absolute atomic E-state index is 12.8. The van der Waals surface area contributed by atoms with E-state index in [0.29, 0.717) is 44.7 Å². The summed E-state index contributed by atoms with van der Waals surface area (Å²) in [5.74, 6) is 0.0393. The van der Waals surface area contributed by atoms with Crippen LogP contribution in [0.25, 0.3) is 0 Å². The maximum atomic E-state index is 12.8. The van der Waals surface area contributed by atoms with Gasteiger partial charge < -0.3 is 14.9 Å². The Morgan fingerprint density at radius 3 is 2.67 bits per heavy atom. The topological polar surface area (TPSA) is 77.0 Å². The van der Waals surface area contributed by atoms with E-state index in [2.05, 4.69) is 9.88 Å². The maximum Gasteiger partial charge on any atom is 0.255 e. The van der Waals surface area contributed by atoms with E-state index in [1.165, 1.54) is 0 Å². The number of likely N-dealkylation sites (tertiary alicyclic amines) is 1. The summed E-state index contributed by atoms with van der Waals surface area (Å²) in [7, 11) is 0. The first-order chi connectivity index (χ1) is 11.5. The van der Waals surface area contributed by atoms with Crippen LogP contribution in [0.2, 0.25) is 0 Å². The number of piperazine rings is 1. The number of β-amino-alcohol motifs (C(OH)–C–C–N with tert-alkyl or cyclic N) is 1. The van der Waals surface area contributed by atoms with Crippen molar-refractivity contribution in [1.82, 2.24) is 19.7 Å². The second kappa shape index (κ2) is 5.53. The van der Waals surface area contributed by atoms with E-state index >= 15 is 0 Å². The third kappa shape index (κ3) is 2.39. The first-order valence-electron chi connectivity index (χ1n) is 8.38. The third-order valence-electron chi connectivity index (χ3n) is 5.53. The molecule has 0 saturated carbocycles. The zero-order chi connectivity index (χ0) is 16.9. The minimum atomic E-state index is -0.355. The van der Waals surface area contributed by atoms with Crippen LogP contribution in [0.15, 0.2) is 24.5 Å². The highest BCUT2D eigenvalue weighted by atomic mass is 16.3. The molecule has 2 amide bonds. The van der Waals surface area contributed by atoms with Crippen LogP contribution in [0.3, 0.4) is 0 Å². The van der Waals surface area contributed by atoms with E-state index in [1.807, 2.05) is 4.90 Å². The van der Waals surface area contributed by atoms with Crippen molar-refractivity contribution in [3.63, 3.8) is 0 Å². The van der Waals surface area contributed by atoms with Crippen molar-refractivity contribution >= 4 is 11.8 Å². The molecule has 0 bridgehead atoms. The number of pyridine rings is 1. The van der Waals surface area contributed by atoms with Gasteiger partial charge >= 0.3 is 0 Å². The SMILES string of the molecule is CC(=O)N1CC2(C1)CN(C(=O)c1cccnc1)CC1CC(O)CN12. The Bertz CT molecular complexity index is 659. The fourth-order valence-electron chi connectivity index (χ4n) is 4.41. The number of aromatic nitrogens is 1. The predicted octanol–water partition coefficient (Wildman–Crippen LogP) is -0.426. The average molecular weight is 330 g/mol. The van der Waals surface area contributed by atoms with Gasteiger partial charge in [-0.3, -0.25) is 19.5 Å². The normalized spacial score (nSPS) is 28.6. The summed E-state index contributed by atoms with van der Waals surface area (Å²) in [6.45, 7) is 4.67. The molecule has 0 radical (unpaired) electrons. The van der Waals surface area contributed by atoms with Crippen LogP contribution in [-0.2, 0) is 4.79 Å². The monoisotopic (exact) mass is 330 g/mol. The van der Waals surface area contributed by atoms with Crippen molar-refractivity contribution in [2.45, 2.75) is 31.0 Å². The van der Waals surface area contributed by atoms with E-state index in [9.17, 15) is 14.7 Å². The highest BCUT2D eigenvalue weighted by Gasteiger charge is 2.57. The molecular weight excluding hydrogens is 308 g/mol. The molecule has 1 spiro atoms. The lowest BCUT2D eigenvalue weighted by atomic mass is 9.83. The summed E-state index contributed by atoms with van der Waals surface area (Å²) in [4.78, 5) is 34.5. The van der Waals surface area contributed by atoms with Crippen LogP contribution in [0.5, 0.6) is 0 Å². The highest BCUT2D eigenvalue weighted by molar-refractivity contribution is 5.94. The molecule has 1 aromatic rings. The second-order valence-corrected chi connectivity index (χ2v) is 7.22. The summed E-state index contributed by atoms with van der Waals surface area (Å²) in [6.07, 6.45) is 3.57. The van der Waals surface area contributed by atoms with Crippen molar-refractivity contribution in [3.05, 3.63) is 30.1 Å². The van der Waals surface area contributed by atoms with E-state index in [1.54, 1.807) is 36.4 Å². The van der Waals surface area contributed by atoms with Gasteiger partial charge in [-0.25, -0.2) is 0 Å². The van der Waals surface area contributed by atoms with E-state index < -0.39 is 0 Å². The van der Waals surface area contributed by atoms with Crippen molar-refractivity contribution in [2.24, 2.45) is 0 Å². The van der Waals surface area contributed by atoms with E-state index in [4.69, 9.17) is 0 Å².